The minimum absolute atomic E-state index is 0.00313. The van der Waals surface area contributed by atoms with Gasteiger partial charge in [-0.05, 0) is 57.2 Å². The fourth-order valence-electron chi connectivity index (χ4n) is 4.80. The predicted molar refractivity (Wildman–Crippen MR) is 144 cm³/mol. The Hall–Kier alpha value is -3.55. The van der Waals surface area contributed by atoms with Gasteiger partial charge in [0.25, 0.3) is 5.56 Å². The van der Waals surface area contributed by atoms with Gasteiger partial charge in [-0.3, -0.25) is 9.59 Å². The number of hydrogen-bond acceptors (Lipinski definition) is 10. The van der Waals surface area contributed by atoms with Gasteiger partial charge in [0.15, 0.2) is 5.13 Å². The van der Waals surface area contributed by atoms with Crippen LogP contribution >= 0.6 is 11.3 Å². The van der Waals surface area contributed by atoms with E-state index in [4.69, 9.17) is 13.9 Å². The lowest BCUT2D eigenvalue weighted by atomic mass is 9.91. The number of sulfone groups is 1. The van der Waals surface area contributed by atoms with E-state index in [1.165, 1.54) is 41.4 Å². The van der Waals surface area contributed by atoms with Crippen LogP contribution in [0.2, 0.25) is 0 Å². The van der Waals surface area contributed by atoms with Crippen LogP contribution in [0.15, 0.2) is 55.6 Å². The third-order valence-electron chi connectivity index (χ3n) is 6.83. The van der Waals surface area contributed by atoms with Gasteiger partial charge in [-0.1, -0.05) is 11.3 Å². The molecule has 1 fully saturated rings. The Bertz CT molecular complexity index is 1680. The first-order chi connectivity index (χ1) is 18.7. The molecule has 0 aromatic carbocycles. The number of thiazole rings is 1. The van der Waals surface area contributed by atoms with E-state index in [0.29, 0.717) is 46.7 Å². The van der Waals surface area contributed by atoms with Crippen LogP contribution in [0.25, 0.3) is 10.3 Å². The number of carbonyl (C=O) groups is 1. The molecule has 206 valence electrons. The second-order valence-corrected chi connectivity index (χ2v) is 12.3. The van der Waals surface area contributed by atoms with Gasteiger partial charge in [-0.25, -0.2) is 18.4 Å². The van der Waals surface area contributed by atoms with Gasteiger partial charge in [0.1, 0.15) is 27.0 Å². The normalized spacial score (nSPS) is 15.4. The molecule has 1 aliphatic rings. The zero-order valence-electron chi connectivity index (χ0n) is 21.7. The van der Waals surface area contributed by atoms with E-state index in [1.807, 2.05) is 0 Å². The second-order valence-electron chi connectivity index (χ2n) is 9.38. The molecule has 1 atom stereocenters. The quantitative estimate of drug-likeness (QED) is 0.332. The van der Waals surface area contributed by atoms with Gasteiger partial charge in [0.05, 0.1) is 18.3 Å². The highest BCUT2D eigenvalue weighted by molar-refractivity contribution is 7.91. The molecule has 0 bridgehead atoms. The van der Waals surface area contributed by atoms with E-state index in [-0.39, 0.29) is 21.5 Å². The van der Waals surface area contributed by atoms with Crippen molar-refractivity contribution in [3.05, 3.63) is 58.4 Å². The SMILES string of the molecule is COc1ccc2nc(NC(=O)[C@@H](CC3CCOCC3)n3c(C)cc(S(=O)(=O)c4ccoc4C)cc3=O)sc2n1. The average Bonchev–Trinajstić information content (AvgIpc) is 3.53. The minimum Gasteiger partial charge on any atom is -0.481 e. The Labute approximate surface area is 228 Å². The van der Waals surface area contributed by atoms with Crippen LogP contribution in [0.4, 0.5) is 5.13 Å². The highest BCUT2D eigenvalue weighted by atomic mass is 32.2. The number of anilines is 1. The zero-order valence-corrected chi connectivity index (χ0v) is 23.3. The summed E-state index contributed by atoms with van der Waals surface area (Å²) in [6.07, 6.45) is 3.20. The van der Waals surface area contributed by atoms with Crippen molar-refractivity contribution in [3.8, 4) is 5.88 Å². The third-order valence-corrected chi connectivity index (χ3v) is 9.57. The Kier molecular flexibility index (Phi) is 7.56. The fraction of sp³-hybridized carbons (Fsp3) is 0.385. The molecule has 0 unspecified atom stereocenters. The molecular weight excluding hydrogens is 544 g/mol. The Morgan fingerprint density at radius 3 is 2.64 bits per heavy atom. The monoisotopic (exact) mass is 572 g/mol. The highest BCUT2D eigenvalue weighted by Gasteiger charge is 2.30. The van der Waals surface area contributed by atoms with Gasteiger partial charge in [-0.2, -0.15) is 0 Å². The van der Waals surface area contributed by atoms with Crippen LogP contribution in [0.5, 0.6) is 5.88 Å². The van der Waals surface area contributed by atoms with Crippen molar-refractivity contribution in [2.75, 3.05) is 25.6 Å². The van der Waals surface area contributed by atoms with Crippen LogP contribution in [0, 0.1) is 19.8 Å². The standard InChI is InChI=1S/C26H28N4O7S2/c1-15-12-18(39(33,34)21-8-11-37-16(21)2)14-23(31)30(15)20(13-17-6-9-36-10-7-17)24(32)29-26-27-19-4-5-22(35-3)28-25(19)38-26/h4-5,8,11-12,14,17,20H,6-7,9-10,13H2,1-3H3,(H,27,29,32)/t20-/m1/s1. The van der Waals surface area contributed by atoms with Gasteiger partial charge in [0, 0.05) is 31.0 Å². The van der Waals surface area contributed by atoms with E-state index in [1.54, 1.807) is 26.0 Å². The van der Waals surface area contributed by atoms with Crippen LogP contribution in [0.1, 0.15) is 36.8 Å². The lowest BCUT2D eigenvalue weighted by molar-refractivity contribution is -0.120. The number of pyridine rings is 2. The number of aryl methyl sites for hydroxylation is 2. The van der Waals surface area contributed by atoms with E-state index in [9.17, 15) is 18.0 Å². The minimum atomic E-state index is -3.98. The molecule has 4 aromatic rings. The predicted octanol–water partition coefficient (Wildman–Crippen LogP) is 3.90. The smallest absolute Gasteiger partial charge is 0.252 e. The number of nitrogens with zero attached hydrogens (tertiary/aromatic N) is 3. The van der Waals surface area contributed by atoms with Crippen LogP contribution in [-0.2, 0) is 19.4 Å². The molecule has 1 saturated heterocycles. The summed E-state index contributed by atoms with van der Waals surface area (Å²) >= 11 is 1.20. The third kappa shape index (κ3) is 5.47. The van der Waals surface area contributed by atoms with Crippen LogP contribution in [-0.4, -0.2) is 49.2 Å². The lowest BCUT2D eigenvalue weighted by Gasteiger charge is -2.28. The summed E-state index contributed by atoms with van der Waals surface area (Å²) < 4.78 is 43.6. The van der Waals surface area contributed by atoms with Crippen molar-refractivity contribution in [1.29, 1.82) is 0 Å². The number of methoxy groups -OCH3 is 1. The van der Waals surface area contributed by atoms with E-state index >= 15 is 0 Å². The summed E-state index contributed by atoms with van der Waals surface area (Å²) in [5, 5.41) is 3.19. The summed E-state index contributed by atoms with van der Waals surface area (Å²) in [7, 11) is -2.46. The maximum absolute atomic E-state index is 13.7. The van der Waals surface area contributed by atoms with Crippen molar-refractivity contribution >= 4 is 42.6 Å². The second kappa shape index (κ2) is 10.9. The van der Waals surface area contributed by atoms with Crippen molar-refractivity contribution in [3.63, 3.8) is 0 Å². The molecule has 5 rings (SSSR count). The number of amides is 1. The summed E-state index contributed by atoms with van der Waals surface area (Å²) in [5.41, 5.74) is 0.372. The Morgan fingerprint density at radius 2 is 1.97 bits per heavy atom. The first-order valence-electron chi connectivity index (χ1n) is 12.4. The number of hydrogen-bond donors (Lipinski definition) is 1. The first-order valence-corrected chi connectivity index (χ1v) is 14.7. The molecule has 0 radical (unpaired) electrons. The number of aromatic nitrogens is 3. The zero-order chi connectivity index (χ0) is 27.7. The number of carbonyl (C=O) groups excluding carboxylic acids is 1. The van der Waals surface area contributed by atoms with Gasteiger partial charge >= 0.3 is 0 Å². The number of fused-ring (bicyclic) bond motifs is 1. The molecule has 13 heteroatoms. The Balaban J connectivity index is 1.50. The van der Waals surface area contributed by atoms with E-state index in [0.717, 1.165) is 18.9 Å². The van der Waals surface area contributed by atoms with Gasteiger partial charge in [-0.15, -0.1) is 0 Å². The maximum Gasteiger partial charge on any atom is 0.252 e. The molecule has 1 N–H and O–H groups in total. The largest absolute Gasteiger partial charge is 0.481 e. The topological polar surface area (TPSA) is 143 Å². The van der Waals surface area contributed by atoms with Crippen LogP contribution < -0.4 is 15.6 Å². The van der Waals surface area contributed by atoms with Gasteiger partial charge in [0.2, 0.25) is 21.6 Å². The van der Waals surface area contributed by atoms with Crippen molar-refractivity contribution in [1.82, 2.24) is 14.5 Å². The molecule has 4 aromatic heterocycles. The molecule has 1 aliphatic heterocycles. The van der Waals surface area contributed by atoms with E-state index < -0.39 is 27.3 Å². The summed E-state index contributed by atoms with van der Waals surface area (Å²) in [5.74, 6) is 0.402. The molecule has 11 nitrogen and oxygen atoms in total. The van der Waals surface area contributed by atoms with Gasteiger partial charge < -0.3 is 23.8 Å². The van der Waals surface area contributed by atoms with Crippen LogP contribution in [0.3, 0.4) is 0 Å². The summed E-state index contributed by atoms with van der Waals surface area (Å²) in [6, 6.07) is 6.39. The van der Waals surface area contributed by atoms with Crippen molar-refractivity contribution < 1.29 is 27.1 Å². The van der Waals surface area contributed by atoms with Crippen molar-refractivity contribution in [2.45, 2.75) is 48.9 Å². The molecule has 39 heavy (non-hydrogen) atoms. The summed E-state index contributed by atoms with van der Waals surface area (Å²) in [6.45, 7) is 4.34. The summed E-state index contributed by atoms with van der Waals surface area (Å²) in [4.78, 5) is 36.4. The maximum atomic E-state index is 13.7. The molecule has 0 saturated carbocycles. The number of nitrogens with one attached hydrogen (secondary N) is 1. The first kappa shape index (κ1) is 27.0. The molecule has 5 heterocycles. The molecule has 0 spiro atoms. The number of rotatable bonds is 8. The molecule has 0 aliphatic carbocycles. The van der Waals surface area contributed by atoms with E-state index in [2.05, 4.69) is 15.3 Å². The average molecular weight is 573 g/mol. The highest BCUT2D eigenvalue weighted by Crippen LogP contribution is 2.31. The number of ether oxygens (including phenoxy) is 2. The molecular formula is C26H28N4O7S2. The van der Waals surface area contributed by atoms with Crippen molar-refractivity contribution in [2.24, 2.45) is 5.92 Å². The number of furan rings is 1. The molecule has 1 amide bonds. The Morgan fingerprint density at radius 1 is 1.21 bits per heavy atom. The fourth-order valence-corrected chi connectivity index (χ4v) is 7.13. The lowest BCUT2D eigenvalue weighted by Crippen LogP contribution is -2.36.